The summed E-state index contributed by atoms with van der Waals surface area (Å²) in [6, 6.07) is 0. The molecule has 0 radical (unpaired) electrons. The molecule has 0 aliphatic heterocycles. The van der Waals surface area contributed by atoms with Crippen molar-refractivity contribution in [1.29, 1.82) is 0 Å². The highest BCUT2D eigenvalue weighted by Crippen LogP contribution is 2.12. The lowest BCUT2D eigenvalue weighted by molar-refractivity contribution is -0.107. The lowest BCUT2D eigenvalue weighted by Crippen LogP contribution is -1.88. The molecule has 0 spiro atoms. The minimum absolute atomic E-state index is 0.112. The van der Waals surface area contributed by atoms with Crippen LogP contribution in [0.4, 0.5) is 0 Å². The predicted molar refractivity (Wildman–Crippen MR) is 79.5 cm³/mol. The van der Waals surface area contributed by atoms with Crippen LogP contribution in [0.5, 0.6) is 0 Å². The van der Waals surface area contributed by atoms with Gasteiger partial charge in [-0.25, -0.2) is 0 Å². The molecule has 2 heteroatoms. The highest BCUT2D eigenvalue weighted by molar-refractivity contribution is 8.14. The van der Waals surface area contributed by atoms with Gasteiger partial charge >= 0.3 is 0 Å². The minimum Gasteiger partial charge on any atom is -0.282 e. The lowest BCUT2D eigenvalue weighted by Gasteiger charge is -2.01. The van der Waals surface area contributed by atoms with Gasteiger partial charge in [-0.1, -0.05) is 83.1 Å². The van der Waals surface area contributed by atoms with Gasteiger partial charge in [0.25, 0.3) is 0 Å². The topological polar surface area (TPSA) is 17.1 Å². The van der Waals surface area contributed by atoms with Crippen LogP contribution in [-0.4, -0.2) is 10.9 Å². The van der Waals surface area contributed by atoms with Gasteiger partial charge in [-0.05, 0) is 12.5 Å². The summed E-state index contributed by atoms with van der Waals surface area (Å²) in [4.78, 5) is 10.9. The fourth-order valence-corrected chi connectivity index (χ4v) is 2.49. The van der Waals surface area contributed by atoms with Crippen molar-refractivity contribution in [2.75, 3.05) is 5.75 Å². The van der Waals surface area contributed by atoms with E-state index in [4.69, 9.17) is 0 Å². The van der Waals surface area contributed by atoms with Crippen molar-refractivity contribution in [1.82, 2.24) is 0 Å². The molecule has 0 atom stereocenters. The van der Waals surface area contributed by atoms with Crippen LogP contribution < -0.4 is 0 Å². The lowest BCUT2D eigenvalue weighted by atomic mass is 10.1. The van der Waals surface area contributed by atoms with Crippen molar-refractivity contribution >= 4 is 16.9 Å². The molecule has 0 N–H and O–H groups in total. The molecule has 0 saturated carbocycles. The third-order valence-electron chi connectivity index (χ3n) is 2.91. The Morgan fingerprint density at radius 3 is 1.88 bits per heavy atom. The second-order valence-corrected chi connectivity index (χ2v) is 5.65. The third-order valence-corrected chi connectivity index (χ3v) is 3.85. The van der Waals surface area contributed by atoms with Gasteiger partial charge in [0.1, 0.15) is 0 Å². The normalized spacial score (nSPS) is 10.4. The van der Waals surface area contributed by atoms with Crippen molar-refractivity contribution in [3.63, 3.8) is 0 Å². The Hall–Kier alpha value is -0.240. The minimum atomic E-state index is 0.112. The molecule has 0 aromatic heterocycles. The molecule has 17 heavy (non-hydrogen) atoms. The Labute approximate surface area is 111 Å². The first-order valence-electron chi connectivity index (χ1n) is 7.10. The Bertz CT molecular complexity index is 189. The molecular weight excluding hydrogens is 228 g/mol. The number of thioether (sulfide) groups is 1. The van der Waals surface area contributed by atoms with Gasteiger partial charge in [-0.3, -0.25) is 4.79 Å². The molecule has 0 fully saturated rings. The van der Waals surface area contributed by atoms with Crippen LogP contribution in [0.2, 0.25) is 0 Å². The molecule has 100 valence electrons. The Morgan fingerprint density at radius 1 is 0.941 bits per heavy atom. The van der Waals surface area contributed by atoms with E-state index in [-0.39, 0.29) is 5.12 Å². The highest BCUT2D eigenvalue weighted by atomic mass is 32.2. The standard InChI is InChI=1S/C15H28OS/c1-3-5-6-7-8-9-10-11-12-13-14-17-15(16)4-2/h4H,2-3,5-14H2,1H3. The quantitative estimate of drug-likeness (QED) is 0.346. The maximum Gasteiger partial charge on any atom is 0.211 e. The monoisotopic (exact) mass is 256 g/mol. The smallest absolute Gasteiger partial charge is 0.211 e. The molecule has 0 amide bonds. The summed E-state index contributed by atoms with van der Waals surface area (Å²) in [6.45, 7) is 5.72. The Balaban J connectivity index is 2.98. The Morgan fingerprint density at radius 2 is 1.41 bits per heavy atom. The first-order valence-corrected chi connectivity index (χ1v) is 8.09. The van der Waals surface area contributed by atoms with E-state index in [1.807, 2.05) is 0 Å². The largest absolute Gasteiger partial charge is 0.282 e. The summed E-state index contributed by atoms with van der Waals surface area (Å²) in [6.07, 6.45) is 14.9. The fraction of sp³-hybridized carbons (Fsp3) is 0.800. The molecule has 0 aromatic carbocycles. The van der Waals surface area contributed by atoms with Crippen molar-refractivity contribution in [3.8, 4) is 0 Å². The van der Waals surface area contributed by atoms with Crippen molar-refractivity contribution in [2.24, 2.45) is 0 Å². The van der Waals surface area contributed by atoms with E-state index >= 15 is 0 Å². The predicted octanol–water partition coefficient (Wildman–Crippen LogP) is 5.35. The van der Waals surface area contributed by atoms with E-state index in [1.54, 1.807) is 0 Å². The summed E-state index contributed by atoms with van der Waals surface area (Å²) >= 11 is 1.40. The zero-order valence-electron chi connectivity index (χ0n) is 11.4. The van der Waals surface area contributed by atoms with Gasteiger partial charge in [0.2, 0.25) is 5.12 Å². The van der Waals surface area contributed by atoms with Gasteiger partial charge in [-0.2, -0.15) is 0 Å². The molecule has 0 saturated heterocycles. The first kappa shape index (κ1) is 16.8. The van der Waals surface area contributed by atoms with E-state index in [1.165, 1.54) is 82.0 Å². The number of carbonyl (C=O) groups excluding carboxylic acids is 1. The van der Waals surface area contributed by atoms with Gasteiger partial charge in [0.05, 0.1) is 0 Å². The van der Waals surface area contributed by atoms with Crippen LogP contribution in [0.3, 0.4) is 0 Å². The molecule has 0 unspecified atom stereocenters. The average molecular weight is 256 g/mol. The molecule has 0 aliphatic carbocycles. The summed E-state index contributed by atoms with van der Waals surface area (Å²) in [5, 5.41) is 0.112. The van der Waals surface area contributed by atoms with E-state index in [0.717, 1.165) is 5.75 Å². The fourth-order valence-electron chi connectivity index (χ4n) is 1.82. The summed E-state index contributed by atoms with van der Waals surface area (Å²) in [7, 11) is 0. The van der Waals surface area contributed by atoms with E-state index < -0.39 is 0 Å². The van der Waals surface area contributed by atoms with E-state index in [0.29, 0.717) is 0 Å². The second-order valence-electron chi connectivity index (χ2n) is 4.55. The van der Waals surface area contributed by atoms with E-state index in [9.17, 15) is 4.79 Å². The van der Waals surface area contributed by atoms with Crippen LogP contribution in [0, 0.1) is 0 Å². The number of carbonyl (C=O) groups is 1. The summed E-state index contributed by atoms with van der Waals surface area (Å²) in [5.74, 6) is 0.960. The number of hydrogen-bond acceptors (Lipinski definition) is 2. The molecule has 0 aliphatic rings. The zero-order chi connectivity index (χ0) is 12.8. The van der Waals surface area contributed by atoms with Crippen molar-refractivity contribution < 1.29 is 4.79 Å². The SMILES string of the molecule is C=CC(=O)SCCCCCCCCCCCC. The maximum absolute atomic E-state index is 10.9. The molecule has 0 rings (SSSR count). The first-order chi connectivity index (χ1) is 8.31. The number of rotatable bonds is 12. The van der Waals surface area contributed by atoms with Gasteiger partial charge < -0.3 is 0 Å². The maximum atomic E-state index is 10.9. The summed E-state index contributed by atoms with van der Waals surface area (Å²) in [5.41, 5.74) is 0. The number of unbranched alkanes of at least 4 members (excludes halogenated alkanes) is 9. The molecular formula is C15H28OS. The van der Waals surface area contributed by atoms with Crippen LogP contribution >= 0.6 is 11.8 Å². The van der Waals surface area contributed by atoms with Gasteiger partial charge in [0.15, 0.2) is 0 Å². The van der Waals surface area contributed by atoms with Crippen molar-refractivity contribution in [2.45, 2.75) is 71.1 Å². The number of hydrogen-bond donors (Lipinski definition) is 0. The second kappa shape index (κ2) is 13.8. The molecule has 1 nitrogen and oxygen atoms in total. The van der Waals surface area contributed by atoms with Gasteiger partial charge in [0, 0.05) is 5.75 Å². The van der Waals surface area contributed by atoms with Crippen LogP contribution in [0.25, 0.3) is 0 Å². The van der Waals surface area contributed by atoms with E-state index in [2.05, 4.69) is 13.5 Å². The molecule has 0 aromatic rings. The van der Waals surface area contributed by atoms with Gasteiger partial charge in [-0.15, -0.1) is 0 Å². The van der Waals surface area contributed by atoms with Crippen LogP contribution in [0.15, 0.2) is 12.7 Å². The highest BCUT2D eigenvalue weighted by Gasteiger charge is 1.96. The molecule has 0 bridgehead atoms. The summed E-state index contributed by atoms with van der Waals surface area (Å²) < 4.78 is 0. The molecule has 0 heterocycles. The Kier molecular flexibility index (Phi) is 13.6. The average Bonchev–Trinajstić information content (AvgIpc) is 2.35. The van der Waals surface area contributed by atoms with Crippen LogP contribution in [-0.2, 0) is 4.79 Å². The van der Waals surface area contributed by atoms with Crippen LogP contribution in [0.1, 0.15) is 71.1 Å². The van der Waals surface area contributed by atoms with Crippen molar-refractivity contribution in [3.05, 3.63) is 12.7 Å². The third kappa shape index (κ3) is 13.7. The zero-order valence-corrected chi connectivity index (χ0v) is 12.2.